The first-order valence-electron chi connectivity index (χ1n) is 13.9. The molecule has 2 aromatic carbocycles. The van der Waals surface area contributed by atoms with Gasteiger partial charge in [0.05, 0.1) is 18.5 Å². The molecule has 0 saturated heterocycles. The molecule has 2 aromatic rings. The number of ketones is 1. The quantitative estimate of drug-likeness (QED) is 0.527. The first-order valence-corrected chi connectivity index (χ1v) is 13.9. The standard InChI is InChI=1S/C31H41N3O3/c1-22(2)19-28(29(35)21-34-18-10-15-23-11-6-7-14-25(23)20-34)33-31(37)26-16-8-9-17-27(26)32-30(36)24-12-4-3-5-13-24/h3-7,11-14,22,26-28H,8-10,15-21H2,1-2H3,(H,32,36)(H,33,37)/t26-,27+,28+/m1/s1. The maximum absolute atomic E-state index is 13.5. The van der Waals surface area contributed by atoms with E-state index in [1.807, 2.05) is 18.2 Å². The molecular weight excluding hydrogens is 462 g/mol. The van der Waals surface area contributed by atoms with Crippen molar-refractivity contribution < 1.29 is 14.4 Å². The van der Waals surface area contributed by atoms with Crippen LogP contribution in [0.1, 0.15) is 73.9 Å². The van der Waals surface area contributed by atoms with Crippen molar-refractivity contribution in [1.82, 2.24) is 15.5 Å². The van der Waals surface area contributed by atoms with Crippen LogP contribution in [0.3, 0.4) is 0 Å². The maximum atomic E-state index is 13.5. The molecular formula is C31H41N3O3. The lowest BCUT2D eigenvalue weighted by atomic mass is 9.83. The molecule has 0 bridgehead atoms. The fraction of sp³-hybridized carbons (Fsp3) is 0.516. The van der Waals surface area contributed by atoms with Gasteiger partial charge in [-0.1, -0.05) is 69.2 Å². The molecule has 198 valence electrons. The first kappa shape index (κ1) is 27.1. The van der Waals surface area contributed by atoms with Gasteiger partial charge in [0.25, 0.3) is 5.91 Å². The van der Waals surface area contributed by atoms with Crippen LogP contribution in [0.2, 0.25) is 0 Å². The predicted octanol–water partition coefficient (Wildman–Crippen LogP) is 4.52. The third-order valence-electron chi connectivity index (χ3n) is 7.68. The number of nitrogens with zero attached hydrogens (tertiary/aromatic N) is 1. The first-order chi connectivity index (χ1) is 17.9. The largest absolute Gasteiger partial charge is 0.349 e. The molecule has 4 rings (SSSR count). The maximum Gasteiger partial charge on any atom is 0.251 e. The van der Waals surface area contributed by atoms with E-state index < -0.39 is 6.04 Å². The smallest absolute Gasteiger partial charge is 0.251 e. The molecule has 0 radical (unpaired) electrons. The Bertz CT molecular complexity index is 1070. The number of hydrogen-bond acceptors (Lipinski definition) is 4. The van der Waals surface area contributed by atoms with Crippen molar-refractivity contribution in [3.05, 3.63) is 71.3 Å². The van der Waals surface area contributed by atoms with Crippen LogP contribution in [-0.4, -0.2) is 47.7 Å². The number of hydrogen-bond donors (Lipinski definition) is 2. The van der Waals surface area contributed by atoms with E-state index in [1.165, 1.54) is 11.1 Å². The number of fused-ring (bicyclic) bond motifs is 1. The molecule has 2 amide bonds. The highest BCUT2D eigenvalue weighted by Gasteiger charge is 2.34. The summed E-state index contributed by atoms with van der Waals surface area (Å²) in [7, 11) is 0. The molecule has 6 nitrogen and oxygen atoms in total. The van der Waals surface area contributed by atoms with Crippen LogP contribution in [0.15, 0.2) is 54.6 Å². The lowest BCUT2D eigenvalue weighted by Gasteiger charge is -2.33. The third kappa shape index (κ3) is 7.51. The van der Waals surface area contributed by atoms with E-state index in [2.05, 4.69) is 53.6 Å². The minimum absolute atomic E-state index is 0.0714. The van der Waals surface area contributed by atoms with E-state index >= 15 is 0 Å². The second kappa shape index (κ2) is 13.0. The molecule has 0 spiro atoms. The number of carbonyl (C=O) groups is 3. The molecule has 1 saturated carbocycles. The summed E-state index contributed by atoms with van der Waals surface area (Å²) in [5.41, 5.74) is 3.25. The number of aryl methyl sites for hydroxylation is 1. The third-order valence-corrected chi connectivity index (χ3v) is 7.68. The molecule has 6 heteroatoms. The molecule has 1 aliphatic heterocycles. The van der Waals surface area contributed by atoms with Crippen LogP contribution in [0, 0.1) is 11.8 Å². The van der Waals surface area contributed by atoms with Crippen molar-refractivity contribution in [2.75, 3.05) is 13.1 Å². The normalized spacial score (nSPS) is 20.9. The second-order valence-electron chi connectivity index (χ2n) is 11.1. The number of Topliss-reactive ketones (excluding diaryl/α,β-unsaturated/α-hetero) is 1. The summed E-state index contributed by atoms with van der Waals surface area (Å²) in [4.78, 5) is 42.0. The molecule has 1 heterocycles. The topological polar surface area (TPSA) is 78.5 Å². The number of rotatable bonds is 9. The average molecular weight is 504 g/mol. The summed E-state index contributed by atoms with van der Waals surface area (Å²) in [5, 5.41) is 6.22. The van der Waals surface area contributed by atoms with Gasteiger partial charge in [-0.15, -0.1) is 0 Å². The van der Waals surface area contributed by atoms with Crippen molar-refractivity contribution in [3.8, 4) is 0 Å². The zero-order chi connectivity index (χ0) is 26.2. The zero-order valence-corrected chi connectivity index (χ0v) is 22.2. The van der Waals surface area contributed by atoms with Gasteiger partial charge in [-0.25, -0.2) is 0 Å². The van der Waals surface area contributed by atoms with Crippen molar-refractivity contribution in [3.63, 3.8) is 0 Å². The Labute approximate surface area is 221 Å². The number of benzene rings is 2. The predicted molar refractivity (Wildman–Crippen MR) is 146 cm³/mol. The monoisotopic (exact) mass is 503 g/mol. The van der Waals surface area contributed by atoms with E-state index in [9.17, 15) is 14.4 Å². The summed E-state index contributed by atoms with van der Waals surface area (Å²) in [6, 6.07) is 16.9. The fourth-order valence-electron chi connectivity index (χ4n) is 5.71. The lowest BCUT2D eigenvalue weighted by molar-refractivity contribution is -0.132. The SMILES string of the molecule is CC(C)C[C@H](NC(=O)[C@@H]1CCCC[C@@H]1NC(=O)c1ccccc1)C(=O)CN1CCCc2ccccc2C1. The fourth-order valence-corrected chi connectivity index (χ4v) is 5.71. The number of nitrogens with one attached hydrogen (secondary N) is 2. The van der Waals surface area contributed by atoms with Gasteiger partial charge < -0.3 is 10.6 Å². The molecule has 0 aromatic heterocycles. The summed E-state index contributed by atoms with van der Waals surface area (Å²) in [6.45, 7) is 6.14. The van der Waals surface area contributed by atoms with Crippen LogP contribution in [-0.2, 0) is 22.6 Å². The molecule has 0 unspecified atom stereocenters. The highest BCUT2D eigenvalue weighted by molar-refractivity contribution is 5.95. The van der Waals surface area contributed by atoms with Crippen LogP contribution in [0.5, 0.6) is 0 Å². The van der Waals surface area contributed by atoms with Gasteiger partial charge >= 0.3 is 0 Å². The van der Waals surface area contributed by atoms with Crippen LogP contribution in [0.4, 0.5) is 0 Å². The summed E-state index contributed by atoms with van der Waals surface area (Å²) in [5.74, 6) is -0.241. The molecule has 1 fully saturated rings. The van der Waals surface area contributed by atoms with E-state index in [-0.39, 0.29) is 35.5 Å². The number of carbonyl (C=O) groups excluding carboxylic acids is 3. The molecule has 2 aliphatic rings. The van der Waals surface area contributed by atoms with Gasteiger partial charge in [-0.2, -0.15) is 0 Å². The van der Waals surface area contributed by atoms with Crippen LogP contribution >= 0.6 is 0 Å². The Balaban J connectivity index is 1.40. The Hall–Kier alpha value is -2.99. The average Bonchev–Trinajstić information content (AvgIpc) is 3.10. The summed E-state index contributed by atoms with van der Waals surface area (Å²) < 4.78 is 0. The van der Waals surface area contributed by atoms with Crippen molar-refractivity contribution >= 4 is 17.6 Å². The Morgan fingerprint density at radius 3 is 2.38 bits per heavy atom. The molecule has 2 N–H and O–H groups in total. The molecule has 1 aliphatic carbocycles. The molecule has 37 heavy (non-hydrogen) atoms. The zero-order valence-electron chi connectivity index (χ0n) is 22.2. The van der Waals surface area contributed by atoms with E-state index in [0.717, 1.165) is 51.6 Å². The number of amides is 2. The van der Waals surface area contributed by atoms with E-state index in [4.69, 9.17) is 0 Å². The molecule has 3 atom stereocenters. The summed E-state index contributed by atoms with van der Waals surface area (Å²) in [6.07, 6.45) is 6.09. The van der Waals surface area contributed by atoms with Crippen LogP contribution in [0.25, 0.3) is 0 Å². The Morgan fingerprint density at radius 2 is 1.62 bits per heavy atom. The van der Waals surface area contributed by atoms with Crippen molar-refractivity contribution in [2.24, 2.45) is 11.8 Å². The Morgan fingerprint density at radius 1 is 0.919 bits per heavy atom. The van der Waals surface area contributed by atoms with Gasteiger partial charge in [0.2, 0.25) is 5.91 Å². The van der Waals surface area contributed by atoms with Crippen molar-refractivity contribution in [1.29, 1.82) is 0 Å². The summed E-state index contributed by atoms with van der Waals surface area (Å²) >= 11 is 0. The highest BCUT2D eigenvalue weighted by Crippen LogP contribution is 2.26. The van der Waals surface area contributed by atoms with E-state index in [0.29, 0.717) is 18.5 Å². The van der Waals surface area contributed by atoms with Crippen LogP contribution < -0.4 is 10.6 Å². The van der Waals surface area contributed by atoms with E-state index in [1.54, 1.807) is 12.1 Å². The van der Waals surface area contributed by atoms with Gasteiger partial charge in [0, 0.05) is 18.2 Å². The van der Waals surface area contributed by atoms with Gasteiger partial charge in [-0.05, 0) is 67.8 Å². The minimum atomic E-state index is -0.515. The lowest BCUT2D eigenvalue weighted by Crippen LogP contribution is -2.53. The minimum Gasteiger partial charge on any atom is -0.349 e. The second-order valence-corrected chi connectivity index (χ2v) is 11.1. The van der Waals surface area contributed by atoms with Gasteiger partial charge in [0.15, 0.2) is 5.78 Å². The highest BCUT2D eigenvalue weighted by atomic mass is 16.2. The Kier molecular flexibility index (Phi) is 9.51. The van der Waals surface area contributed by atoms with Gasteiger partial charge in [-0.3, -0.25) is 19.3 Å². The van der Waals surface area contributed by atoms with Crippen molar-refractivity contribution in [2.45, 2.75) is 77.4 Å². The van der Waals surface area contributed by atoms with Gasteiger partial charge in [0.1, 0.15) is 0 Å².